The molecule has 0 amide bonds. The van der Waals surface area contributed by atoms with Crippen LogP contribution in [0.25, 0.3) is 0 Å². The van der Waals surface area contributed by atoms with Crippen LogP contribution < -0.4 is 5.32 Å². The van der Waals surface area contributed by atoms with Gasteiger partial charge in [-0.05, 0) is 13.8 Å². The molecule has 0 aromatic rings. The van der Waals surface area contributed by atoms with E-state index in [0.717, 1.165) is 0 Å². The zero-order valence-electron chi connectivity index (χ0n) is 5.81. The van der Waals surface area contributed by atoms with Gasteiger partial charge in [-0.25, -0.2) is 0 Å². The highest BCUT2D eigenvalue weighted by molar-refractivity contribution is 4.99. The average molecular weight is 128 g/mol. The number of aliphatic hydroxyl groups excluding tert-OH is 1. The first-order chi connectivity index (χ1) is 4.12. The van der Waals surface area contributed by atoms with Crippen molar-refractivity contribution in [1.82, 2.24) is 5.32 Å². The monoisotopic (exact) mass is 128 g/mol. The highest BCUT2D eigenvalue weighted by Crippen LogP contribution is 1.96. The van der Waals surface area contributed by atoms with Crippen molar-refractivity contribution < 1.29 is 5.11 Å². The number of nitriles is 1. The lowest BCUT2D eigenvalue weighted by Crippen LogP contribution is -2.39. The van der Waals surface area contributed by atoms with Crippen LogP contribution in [0.2, 0.25) is 0 Å². The Balaban J connectivity index is 3.49. The van der Waals surface area contributed by atoms with Gasteiger partial charge in [0.15, 0.2) is 0 Å². The molecule has 9 heavy (non-hydrogen) atoms. The van der Waals surface area contributed by atoms with Crippen molar-refractivity contribution >= 4 is 0 Å². The summed E-state index contributed by atoms with van der Waals surface area (Å²) in [7, 11) is 0. The number of aliphatic hydroxyl groups is 1. The van der Waals surface area contributed by atoms with Crippen molar-refractivity contribution in [2.75, 3.05) is 13.2 Å². The van der Waals surface area contributed by atoms with Gasteiger partial charge in [0.05, 0.1) is 12.7 Å². The summed E-state index contributed by atoms with van der Waals surface area (Å²) in [5, 5.41) is 19.6. The van der Waals surface area contributed by atoms with E-state index in [1.807, 2.05) is 0 Å². The summed E-state index contributed by atoms with van der Waals surface area (Å²) in [6.07, 6.45) is 0. The second-order valence-corrected chi connectivity index (χ2v) is 2.39. The molecule has 52 valence electrons. The molecule has 0 heterocycles. The van der Waals surface area contributed by atoms with Crippen LogP contribution in [0, 0.1) is 11.3 Å². The molecule has 3 nitrogen and oxygen atoms in total. The minimum atomic E-state index is -0.511. The zero-order chi connectivity index (χ0) is 7.33. The highest BCUT2D eigenvalue weighted by atomic mass is 16.3. The van der Waals surface area contributed by atoms with E-state index in [4.69, 9.17) is 10.4 Å². The summed E-state index contributed by atoms with van der Waals surface area (Å²) in [6, 6.07) is 2.05. The number of rotatable bonds is 3. The van der Waals surface area contributed by atoms with Gasteiger partial charge in [0.1, 0.15) is 5.54 Å². The minimum absolute atomic E-state index is 0.0745. The lowest BCUT2D eigenvalue weighted by molar-refractivity contribution is 0.279. The summed E-state index contributed by atoms with van der Waals surface area (Å²) in [5.41, 5.74) is -0.511. The number of hydrogen-bond acceptors (Lipinski definition) is 3. The number of nitrogens with zero attached hydrogens (tertiary/aromatic N) is 1. The van der Waals surface area contributed by atoms with Gasteiger partial charge in [-0.15, -0.1) is 0 Å². The van der Waals surface area contributed by atoms with E-state index in [0.29, 0.717) is 6.54 Å². The zero-order valence-corrected chi connectivity index (χ0v) is 5.81. The van der Waals surface area contributed by atoms with Crippen LogP contribution in [0.4, 0.5) is 0 Å². The fourth-order valence-corrected chi connectivity index (χ4v) is 0.408. The van der Waals surface area contributed by atoms with Gasteiger partial charge in [-0.1, -0.05) is 0 Å². The van der Waals surface area contributed by atoms with E-state index in [1.54, 1.807) is 13.8 Å². The third-order valence-electron chi connectivity index (χ3n) is 0.958. The lowest BCUT2D eigenvalue weighted by atomic mass is 10.1. The average Bonchev–Trinajstić information content (AvgIpc) is 1.84. The van der Waals surface area contributed by atoms with Gasteiger partial charge in [0, 0.05) is 6.54 Å². The minimum Gasteiger partial charge on any atom is -0.395 e. The van der Waals surface area contributed by atoms with E-state index in [-0.39, 0.29) is 6.61 Å². The van der Waals surface area contributed by atoms with Crippen molar-refractivity contribution in [1.29, 1.82) is 5.26 Å². The molecule has 0 bridgehead atoms. The molecular formula is C6H12N2O. The molecule has 0 spiro atoms. The molecule has 0 saturated carbocycles. The first-order valence-electron chi connectivity index (χ1n) is 2.89. The maximum atomic E-state index is 8.43. The van der Waals surface area contributed by atoms with Crippen molar-refractivity contribution in [2.45, 2.75) is 19.4 Å². The van der Waals surface area contributed by atoms with Crippen LogP contribution in [0.15, 0.2) is 0 Å². The van der Waals surface area contributed by atoms with Crippen molar-refractivity contribution in [2.24, 2.45) is 0 Å². The maximum absolute atomic E-state index is 8.43. The predicted octanol–water partition coefficient (Wildman–Crippen LogP) is -0.130. The molecule has 0 aromatic heterocycles. The van der Waals surface area contributed by atoms with Gasteiger partial charge in [0.25, 0.3) is 0 Å². The summed E-state index contributed by atoms with van der Waals surface area (Å²) in [5.74, 6) is 0. The fraction of sp³-hybridized carbons (Fsp3) is 0.833. The molecule has 0 aliphatic rings. The first kappa shape index (κ1) is 8.41. The number of nitrogens with one attached hydrogen (secondary N) is 1. The van der Waals surface area contributed by atoms with Gasteiger partial charge < -0.3 is 5.11 Å². The quantitative estimate of drug-likeness (QED) is 0.556. The molecule has 0 aliphatic heterocycles. The largest absolute Gasteiger partial charge is 0.395 e. The highest BCUT2D eigenvalue weighted by Gasteiger charge is 2.13. The van der Waals surface area contributed by atoms with Crippen LogP contribution in [0.3, 0.4) is 0 Å². The number of β-amino-alcohol motifs (C(OH)–C–C–N with tert-alkyl or cyclic N) is 1. The summed E-state index contributed by atoms with van der Waals surface area (Å²) in [6.45, 7) is 4.08. The van der Waals surface area contributed by atoms with E-state index >= 15 is 0 Å². The molecule has 0 fully saturated rings. The number of hydrogen-bond donors (Lipinski definition) is 2. The third-order valence-corrected chi connectivity index (χ3v) is 0.958. The lowest BCUT2D eigenvalue weighted by Gasteiger charge is -2.15. The normalized spacial score (nSPS) is 10.9. The second-order valence-electron chi connectivity index (χ2n) is 2.39. The smallest absolute Gasteiger partial charge is 0.101 e. The molecule has 2 N–H and O–H groups in total. The third kappa shape index (κ3) is 3.95. The van der Waals surface area contributed by atoms with Gasteiger partial charge >= 0.3 is 0 Å². The van der Waals surface area contributed by atoms with E-state index < -0.39 is 5.54 Å². The van der Waals surface area contributed by atoms with Crippen LogP contribution in [-0.4, -0.2) is 23.8 Å². The van der Waals surface area contributed by atoms with E-state index in [9.17, 15) is 0 Å². The molecule has 0 unspecified atom stereocenters. The Morgan fingerprint density at radius 3 is 2.56 bits per heavy atom. The van der Waals surface area contributed by atoms with Crippen molar-refractivity contribution in [3.63, 3.8) is 0 Å². The molecule has 3 heteroatoms. The predicted molar refractivity (Wildman–Crippen MR) is 34.8 cm³/mol. The van der Waals surface area contributed by atoms with Crippen LogP contribution in [0.5, 0.6) is 0 Å². The Kier molecular flexibility index (Phi) is 3.21. The van der Waals surface area contributed by atoms with Gasteiger partial charge in [-0.3, -0.25) is 5.32 Å². The Hall–Kier alpha value is -0.590. The van der Waals surface area contributed by atoms with E-state index in [2.05, 4.69) is 11.4 Å². The fourth-order valence-electron chi connectivity index (χ4n) is 0.408. The first-order valence-corrected chi connectivity index (χ1v) is 2.89. The Morgan fingerprint density at radius 1 is 1.67 bits per heavy atom. The molecule has 0 radical (unpaired) electrons. The van der Waals surface area contributed by atoms with Crippen LogP contribution in [-0.2, 0) is 0 Å². The molecule has 0 aliphatic carbocycles. The summed E-state index contributed by atoms with van der Waals surface area (Å²) < 4.78 is 0. The van der Waals surface area contributed by atoms with Crippen LogP contribution in [0.1, 0.15) is 13.8 Å². The molecular weight excluding hydrogens is 116 g/mol. The summed E-state index contributed by atoms with van der Waals surface area (Å²) >= 11 is 0. The Bertz CT molecular complexity index is 115. The van der Waals surface area contributed by atoms with Gasteiger partial charge in [-0.2, -0.15) is 5.26 Å². The van der Waals surface area contributed by atoms with Crippen molar-refractivity contribution in [3.8, 4) is 6.07 Å². The molecule has 0 atom stereocenters. The van der Waals surface area contributed by atoms with Gasteiger partial charge in [0.2, 0.25) is 0 Å². The topological polar surface area (TPSA) is 56.0 Å². The van der Waals surface area contributed by atoms with Crippen molar-refractivity contribution in [3.05, 3.63) is 0 Å². The van der Waals surface area contributed by atoms with E-state index in [1.165, 1.54) is 0 Å². The Morgan fingerprint density at radius 2 is 2.22 bits per heavy atom. The summed E-state index contributed by atoms with van der Waals surface area (Å²) in [4.78, 5) is 0. The van der Waals surface area contributed by atoms with Crippen LogP contribution >= 0.6 is 0 Å². The second kappa shape index (κ2) is 3.44. The molecule has 0 aromatic carbocycles. The molecule has 0 rings (SSSR count). The maximum Gasteiger partial charge on any atom is 0.101 e. The molecule has 0 saturated heterocycles. The standard InChI is InChI=1S/C6H12N2O/c1-6(2,5-7)8-3-4-9/h8-9H,3-4H2,1-2H3. The SMILES string of the molecule is CC(C)(C#N)NCCO. The Labute approximate surface area is 55.3 Å².